The van der Waals surface area contributed by atoms with Gasteiger partial charge in [0, 0.05) is 0 Å². The van der Waals surface area contributed by atoms with E-state index in [1.165, 1.54) is 25.7 Å². The van der Waals surface area contributed by atoms with Crippen LogP contribution in [0.5, 0.6) is 0 Å². The molecule has 1 unspecified atom stereocenters. The molecule has 0 saturated carbocycles. The highest BCUT2D eigenvalue weighted by atomic mass is 14.2. The molecule has 0 aliphatic carbocycles. The molecule has 0 aromatic heterocycles. The van der Waals surface area contributed by atoms with Crippen molar-refractivity contribution in [2.45, 2.75) is 52.4 Å². The zero-order valence-electron chi connectivity index (χ0n) is 13.0. The smallest absolute Gasteiger partial charge is 0.0991 e. The molecular weight excluding hydrogens is 242 g/mol. The lowest BCUT2D eigenvalue weighted by Crippen LogP contribution is -1.93. The van der Waals surface area contributed by atoms with Crippen LogP contribution in [0, 0.1) is 17.2 Å². The highest BCUT2D eigenvalue weighted by Crippen LogP contribution is 2.15. The molecule has 0 bridgehead atoms. The van der Waals surface area contributed by atoms with E-state index in [0.29, 0.717) is 5.57 Å². The van der Waals surface area contributed by atoms with Crippen LogP contribution in [0.4, 0.5) is 0 Å². The SMILES string of the molecule is C=CCCCC(C)CCCC=C=C/C(=C\C)C(=C)C#N. The van der Waals surface area contributed by atoms with Crippen LogP contribution in [0.1, 0.15) is 52.4 Å². The maximum absolute atomic E-state index is 8.77. The van der Waals surface area contributed by atoms with Crippen LogP contribution in [-0.4, -0.2) is 0 Å². The minimum Gasteiger partial charge on any atom is -0.192 e. The second-order valence-corrected chi connectivity index (χ2v) is 5.11. The van der Waals surface area contributed by atoms with Crippen molar-refractivity contribution in [1.82, 2.24) is 0 Å². The van der Waals surface area contributed by atoms with Crippen LogP contribution in [0.2, 0.25) is 0 Å². The summed E-state index contributed by atoms with van der Waals surface area (Å²) >= 11 is 0. The zero-order chi connectivity index (χ0) is 15.2. The lowest BCUT2D eigenvalue weighted by atomic mass is 9.98. The molecule has 1 heteroatoms. The molecule has 0 heterocycles. The van der Waals surface area contributed by atoms with Crippen molar-refractivity contribution in [2.75, 3.05) is 0 Å². The second-order valence-electron chi connectivity index (χ2n) is 5.11. The Kier molecular flexibility index (Phi) is 11.2. The summed E-state index contributed by atoms with van der Waals surface area (Å²) in [6.07, 6.45) is 14.9. The van der Waals surface area contributed by atoms with Crippen LogP contribution in [0.15, 0.2) is 54.3 Å². The van der Waals surface area contributed by atoms with E-state index in [2.05, 4.69) is 31.9 Å². The number of nitriles is 1. The van der Waals surface area contributed by atoms with E-state index in [1.807, 2.05) is 31.2 Å². The van der Waals surface area contributed by atoms with E-state index in [9.17, 15) is 0 Å². The third-order valence-electron chi connectivity index (χ3n) is 3.30. The number of hydrogen-bond acceptors (Lipinski definition) is 1. The predicted molar refractivity (Wildman–Crippen MR) is 88.2 cm³/mol. The van der Waals surface area contributed by atoms with E-state index in [4.69, 9.17) is 5.26 Å². The summed E-state index contributed by atoms with van der Waals surface area (Å²) < 4.78 is 0. The summed E-state index contributed by atoms with van der Waals surface area (Å²) in [5.74, 6) is 0.789. The molecule has 0 fully saturated rings. The molecule has 0 saturated heterocycles. The maximum atomic E-state index is 8.77. The number of nitrogens with zero attached hydrogens (tertiary/aromatic N) is 1. The largest absolute Gasteiger partial charge is 0.192 e. The Morgan fingerprint density at radius 1 is 1.25 bits per heavy atom. The normalized spacial score (nSPS) is 11.9. The lowest BCUT2D eigenvalue weighted by Gasteiger charge is -2.08. The number of rotatable bonds is 10. The summed E-state index contributed by atoms with van der Waals surface area (Å²) in [7, 11) is 0. The van der Waals surface area contributed by atoms with Crippen molar-refractivity contribution >= 4 is 0 Å². The van der Waals surface area contributed by atoms with Crippen LogP contribution in [0.3, 0.4) is 0 Å². The number of unbranched alkanes of at least 4 members (excludes halogenated alkanes) is 2. The maximum Gasteiger partial charge on any atom is 0.0991 e. The van der Waals surface area contributed by atoms with Crippen LogP contribution in [0.25, 0.3) is 0 Å². The van der Waals surface area contributed by atoms with Crippen LogP contribution in [-0.2, 0) is 0 Å². The summed E-state index contributed by atoms with van der Waals surface area (Å²) in [5, 5.41) is 8.77. The predicted octanol–water partition coefficient (Wildman–Crippen LogP) is 5.89. The lowest BCUT2D eigenvalue weighted by molar-refractivity contribution is 0.464. The first-order valence-corrected chi connectivity index (χ1v) is 7.43. The van der Waals surface area contributed by atoms with Gasteiger partial charge in [-0.05, 0) is 56.3 Å². The summed E-state index contributed by atoms with van der Waals surface area (Å²) in [5.41, 5.74) is 4.47. The van der Waals surface area contributed by atoms with Gasteiger partial charge < -0.3 is 0 Å². The summed E-state index contributed by atoms with van der Waals surface area (Å²) in [6.45, 7) is 11.7. The van der Waals surface area contributed by atoms with Gasteiger partial charge >= 0.3 is 0 Å². The van der Waals surface area contributed by atoms with Gasteiger partial charge in [-0.25, -0.2) is 0 Å². The number of hydrogen-bond donors (Lipinski definition) is 0. The highest BCUT2D eigenvalue weighted by Gasteiger charge is 2.00. The zero-order valence-corrected chi connectivity index (χ0v) is 13.0. The third-order valence-corrected chi connectivity index (χ3v) is 3.30. The standard InChI is InChI=1S/C19H27N/c1-5-7-10-13-17(3)14-11-8-9-12-15-19(6-2)18(4)16-20/h5-6,9,15,17H,1,4,7-8,10-11,13-14H2,2-3H3/b19-6+. The quantitative estimate of drug-likeness (QED) is 0.159. The van der Waals surface area contributed by atoms with Crippen molar-refractivity contribution in [3.63, 3.8) is 0 Å². The average molecular weight is 269 g/mol. The van der Waals surface area contributed by atoms with Crippen LogP contribution >= 0.6 is 0 Å². The minimum absolute atomic E-state index is 0.490. The fraction of sp³-hybridized carbons (Fsp3) is 0.474. The van der Waals surface area contributed by atoms with Gasteiger partial charge in [0.1, 0.15) is 0 Å². The van der Waals surface area contributed by atoms with Crippen molar-refractivity contribution < 1.29 is 0 Å². The first-order valence-electron chi connectivity index (χ1n) is 7.43. The van der Waals surface area contributed by atoms with Gasteiger partial charge in [0.2, 0.25) is 0 Å². The molecule has 0 spiro atoms. The van der Waals surface area contributed by atoms with Crippen LogP contribution < -0.4 is 0 Å². The van der Waals surface area contributed by atoms with E-state index < -0.39 is 0 Å². The Bertz CT molecular complexity index is 425. The molecule has 20 heavy (non-hydrogen) atoms. The molecule has 0 rings (SSSR count). The molecule has 0 radical (unpaired) electrons. The van der Waals surface area contributed by atoms with Crippen molar-refractivity contribution in [3.05, 3.63) is 54.3 Å². The Labute approximate surface area is 124 Å². The topological polar surface area (TPSA) is 23.8 Å². The first kappa shape index (κ1) is 18.2. The monoisotopic (exact) mass is 269 g/mol. The van der Waals surface area contributed by atoms with Gasteiger partial charge in [0.25, 0.3) is 0 Å². The Morgan fingerprint density at radius 3 is 2.45 bits per heavy atom. The fourth-order valence-electron chi connectivity index (χ4n) is 1.96. The minimum atomic E-state index is 0.490. The molecule has 0 amide bonds. The molecule has 108 valence electrons. The molecular formula is C19H27N. The highest BCUT2D eigenvalue weighted by molar-refractivity contribution is 5.45. The molecule has 0 aromatic carbocycles. The Balaban J connectivity index is 3.94. The van der Waals surface area contributed by atoms with Gasteiger partial charge in [0.05, 0.1) is 11.6 Å². The second kappa shape index (κ2) is 12.3. The number of allylic oxidation sites excluding steroid dienone is 5. The molecule has 0 aliphatic rings. The van der Waals surface area contributed by atoms with Gasteiger partial charge in [-0.2, -0.15) is 5.26 Å². The summed E-state index contributed by atoms with van der Waals surface area (Å²) in [6, 6.07) is 2.05. The van der Waals surface area contributed by atoms with Crippen molar-refractivity contribution in [2.24, 2.45) is 5.92 Å². The van der Waals surface area contributed by atoms with E-state index in [1.54, 1.807) is 0 Å². The van der Waals surface area contributed by atoms with Crippen molar-refractivity contribution in [3.8, 4) is 6.07 Å². The molecule has 0 N–H and O–H groups in total. The van der Waals surface area contributed by atoms with E-state index >= 15 is 0 Å². The molecule has 1 atom stereocenters. The first-order chi connectivity index (χ1) is 9.65. The molecule has 0 aromatic rings. The average Bonchev–Trinajstić information content (AvgIpc) is 2.46. The van der Waals surface area contributed by atoms with Crippen molar-refractivity contribution in [1.29, 1.82) is 5.26 Å². The summed E-state index contributed by atoms with van der Waals surface area (Å²) in [4.78, 5) is 0. The van der Waals surface area contributed by atoms with Gasteiger partial charge in [-0.15, -0.1) is 12.3 Å². The molecule has 0 aliphatic heterocycles. The van der Waals surface area contributed by atoms with E-state index in [0.717, 1.165) is 24.3 Å². The van der Waals surface area contributed by atoms with Gasteiger partial charge in [-0.3, -0.25) is 0 Å². The van der Waals surface area contributed by atoms with E-state index in [-0.39, 0.29) is 0 Å². The third kappa shape index (κ3) is 9.20. The van der Waals surface area contributed by atoms with Gasteiger partial charge in [0.15, 0.2) is 0 Å². The van der Waals surface area contributed by atoms with Gasteiger partial charge in [-0.1, -0.05) is 38.5 Å². The molecule has 1 nitrogen and oxygen atoms in total. The fourth-order valence-corrected chi connectivity index (χ4v) is 1.96. The Hall–Kier alpha value is -1.77. The Morgan fingerprint density at radius 2 is 1.90 bits per heavy atom.